The Morgan fingerprint density at radius 2 is 2.11 bits per heavy atom. The fourth-order valence-corrected chi connectivity index (χ4v) is 3.46. The summed E-state index contributed by atoms with van der Waals surface area (Å²) >= 11 is 1.68. The minimum atomic E-state index is -0.432. The van der Waals surface area contributed by atoms with Crippen molar-refractivity contribution in [3.63, 3.8) is 0 Å². The molecular weight excluding hydrogens is 260 g/mol. The van der Waals surface area contributed by atoms with E-state index in [0.717, 1.165) is 4.88 Å². The molecule has 0 aliphatic carbocycles. The molecule has 2 rings (SSSR count). The second kappa shape index (κ2) is 5.33. The van der Waals surface area contributed by atoms with Crippen molar-refractivity contribution in [2.24, 2.45) is 0 Å². The van der Waals surface area contributed by atoms with Gasteiger partial charge in [-0.2, -0.15) is 0 Å². The Labute approximate surface area is 117 Å². The van der Waals surface area contributed by atoms with Gasteiger partial charge in [-0.05, 0) is 39.3 Å². The van der Waals surface area contributed by atoms with E-state index in [2.05, 4.69) is 11.4 Å². The SMILES string of the molecule is CCC1C(=O)NC(C)C(=O)N1C(C)c1ccc(C)s1. The van der Waals surface area contributed by atoms with Crippen LogP contribution in [0.5, 0.6) is 0 Å². The molecule has 1 saturated heterocycles. The third-order valence-electron chi connectivity index (χ3n) is 3.60. The van der Waals surface area contributed by atoms with Crippen LogP contribution in [0.4, 0.5) is 0 Å². The van der Waals surface area contributed by atoms with E-state index in [1.807, 2.05) is 26.8 Å². The lowest BCUT2D eigenvalue weighted by atomic mass is 10.0. The van der Waals surface area contributed by atoms with E-state index < -0.39 is 6.04 Å². The van der Waals surface area contributed by atoms with Gasteiger partial charge in [-0.3, -0.25) is 9.59 Å². The predicted octanol–water partition coefficient (Wildman–Crippen LogP) is 2.24. The zero-order chi connectivity index (χ0) is 14.2. The van der Waals surface area contributed by atoms with Gasteiger partial charge in [-0.25, -0.2) is 0 Å². The maximum Gasteiger partial charge on any atom is 0.246 e. The van der Waals surface area contributed by atoms with Crippen LogP contribution in [0.25, 0.3) is 0 Å². The Hall–Kier alpha value is -1.36. The number of amides is 2. The van der Waals surface area contributed by atoms with Gasteiger partial charge in [0.05, 0.1) is 6.04 Å². The minimum absolute atomic E-state index is 0.00463. The standard InChI is InChI=1S/C14H20N2O2S/c1-5-11-13(17)15-9(3)14(18)16(11)10(4)12-7-6-8(2)19-12/h6-7,9-11H,5H2,1-4H3,(H,15,17). The van der Waals surface area contributed by atoms with Crippen molar-refractivity contribution in [2.45, 2.75) is 52.2 Å². The minimum Gasteiger partial charge on any atom is -0.343 e. The van der Waals surface area contributed by atoms with Gasteiger partial charge < -0.3 is 10.2 Å². The number of nitrogens with one attached hydrogen (secondary N) is 1. The van der Waals surface area contributed by atoms with E-state index in [9.17, 15) is 9.59 Å². The summed E-state index contributed by atoms with van der Waals surface area (Å²) < 4.78 is 0. The molecule has 3 atom stereocenters. The Kier molecular flexibility index (Phi) is 3.94. The van der Waals surface area contributed by atoms with E-state index >= 15 is 0 Å². The molecule has 1 N–H and O–H groups in total. The quantitative estimate of drug-likeness (QED) is 0.923. The molecule has 0 saturated carbocycles. The number of nitrogens with zero attached hydrogens (tertiary/aromatic N) is 1. The van der Waals surface area contributed by atoms with E-state index in [4.69, 9.17) is 0 Å². The number of hydrogen-bond acceptors (Lipinski definition) is 3. The van der Waals surface area contributed by atoms with Crippen LogP contribution in [0.15, 0.2) is 12.1 Å². The van der Waals surface area contributed by atoms with E-state index in [0.29, 0.717) is 6.42 Å². The zero-order valence-corrected chi connectivity index (χ0v) is 12.6. The first-order valence-electron chi connectivity index (χ1n) is 6.64. The molecule has 3 unspecified atom stereocenters. The topological polar surface area (TPSA) is 49.4 Å². The van der Waals surface area contributed by atoms with Crippen molar-refractivity contribution in [3.8, 4) is 0 Å². The first-order chi connectivity index (χ1) is 8.95. The highest BCUT2D eigenvalue weighted by atomic mass is 32.1. The Balaban J connectivity index is 2.32. The Morgan fingerprint density at radius 3 is 2.63 bits per heavy atom. The lowest BCUT2D eigenvalue weighted by molar-refractivity contribution is -0.151. The monoisotopic (exact) mass is 280 g/mol. The summed E-state index contributed by atoms with van der Waals surface area (Å²) in [5.74, 6) is -0.0419. The van der Waals surface area contributed by atoms with Gasteiger partial charge in [0.2, 0.25) is 11.8 Å². The Bertz CT molecular complexity index is 497. The van der Waals surface area contributed by atoms with Gasteiger partial charge in [-0.15, -0.1) is 11.3 Å². The van der Waals surface area contributed by atoms with Crippen molar-refractivity contribution in [1.82, 2.24) is 10.2 Å². The summed E-state index contributed by atoms with van der Waals surface area (Å²) in [5.41, 5.74) is 0. The maximum absolute atomic E-state index is 12.4. The van der Waals surface area contributed by atoms with Crippen molar-refractivity contribution in [3.05, 3.63) is 21.9 Å². The van der Waals surface area contributed by atoms with Crippen LogP contribution < -0.4 is 5.32 Å². The number of carbonyl (C=O) groups is 2. The van der Waals surface area contributed by atoms with Crippen LogP contribution in [-0.4, -0.2) is 28.8 Å². The fraction of sp³-hybridized carbons (Fsp3) is 0.571. The normalized spacial score (nSPS) is 25.4. The highest BCUT2D eigenvalue weighted by molar-refractivity contribution is 7.12. The summed E-state index contributed by atoms with van der Waals surface area (Å²) in [7, 11) is 0. The van der Waals surface area contributed by atoms with Crippen LogP contribution in [0.2, 0.25) is 0 Å². The molecule has 1 aliphatic heterocycles. The first kappa shape index (κ1) is 14.1. The van der Waals surface area contributed by atoms with Crippen LogP contribution in [-0.2, 0) is 9.59 Å². The van der Waals surface area contributed by atoms with E-state index in [-0.39, 0.29) is 23.9 Å². The van der Waals surface area contributed by atoms with Gasteiger partial charge >= 0.3 is 0 Å². The molecule has 0 radical (unpaired) electrons. The second-order valence-corrected chi connectivity index (χ2v) is 6.34. The number of rotatable bonds is 3. The molecule has 2 heterocycles. The van der Waals surface area contributed by atoms with E-state index in [1.54, 1.807) is 23.2 Å². The van der Waals surface area contributed by atoms with Gasteiger partial charge in [0.25, 0.3) is 0 Å². The van der Waals surface area contributed by atoms with Crippen LogP contribution in [0, 0.1) is 6.92 Å². The first-order valence-corrected chi connectivity index (χ1v) is 7.46. The zero-order valence-electron chi connectivity index (χ0n) is 11.8. The number of thiophene rings is 1. The van der Waals surface area contributed by atoms with Gasteiger partial charge in [0, 0.05) is 9.75 Å². The average molecular weight is 280 g/mol. The molecule has 2 amide bonds. The molecule has 104 valence electrons. The largest absolute Gasteiger partial charge is 0.343 e. The maximum atomic E-state index is 12.4. The lowest BCUT2D eigenvalue weighted by Gasteiger charge is -2.41. The molecule has 1 aromatic rings. The summed E-state index contributed by atoms with van der Waals surface area (Å²) in [6, 6.07) is 3.25. The van der Waals surface area contributed by atoms with Crippen LogP contribution in [0.3, 0.4) is 0 Å². The van der Waals surface area contributed by atoms with Crippen molar-refractivity contribution in [2.75, 3.05) is 0 Å². The predicted molar refractivity (Wildman–Crippen MR) is 76.0 cm³/mol. The molecule has 5 heteroatoms. The van der Waals surface area contributed by atoms with Gasteiger partial charge in [-0.1, -0.05) is 6.92 Å². The van der Waals surface area contributed by atoms with Crippen molar-refractivity contribution < 1.29 is 9.59 Å². The second-order valence-electron chi connectivity index (χ2n) is 5.02. The molecular formula is C14H20N2O2S. The summed E-state index contributed by atoms with van der Waals surface area (Å²) in [6.07, 6.45) is 0.638. The molecule has 0 bridgehead atoms. The molecule has 1 fully saturated rings. The van der Waals surface area contributed by atoms with Crippen molar-refractivity contribution in [1.29, 1.82) is 0 Å². The average Bonchev–Trinajstić information content (AvgIpc) is 2.79. The summed E-state index contributed by atoms with van der Waals surface area (Å²) in [5, 5.41) is 2.74. The number of aryl methyl sites for hydroxylation is 1. The number of piperazine rings is 1. The third-order valence-corrected chi connectivity index (χ3v) is 4.77. The highest BCUT2D eigenvalue weighted by Gasteiger charge is 2.40. The molecule has 4 nitrogen and oxygen atoms in total. The smallest absolute Gasteiger partial charge is 0.246 e. The lowest BCUT2D eigenvalue weighted by Crippen LogP contribution is -2.62. The number of carbonyl (C=O) groups excluding carboxylic acids is 2. The van der Waals surface area contributed by atoms with Crippen LogP contribution >= 0.6 is 11.3 Å². The fourth-order valence-electron chi connectivity index (χ4n) is 2.53. The summed E-state index contributed by atoms with van der Waals surface area (Å²) in [4.78, 5) is 28.5. The summed E-state index contributed by atoms with van der Waals surface area (Å²) in [6.45, 7) is 7.72. The molecule has 0 aromatic carbocycles. The highest BCUT2D eigenvalue weighted by Crippen LogP contribution is 2.31. The third kappa shape index (κ3) is 2.52. The van der Waals surface area contributed by atoms with E-state index in [1.165, 1.54) is 4.88 Å². The van der Waals surface area contributed by atoms with Gasteiger partial charge in [0.15, 0.2) is 0 Å². The molecule has 0 spiro atoms. The molecule has 1 aliphatic rings. The molecule has 1 aromatic heterocycles. The van der Waals surface area contributed by atoms with Gasteiger partial charge in [0.1, 0.15) is 12.1 Å². The molecule has 19 heavy (non-hydrogen) atoms. The van der Waals surface area contributed by atoms with Crippen LogP contribution in [0.1, 0.15) is 43.0 Å². The van der Waals surface area contributed by atoms with Crippen molar-refractivity contribution >= 4 is 23.2 Å². The number of hydrogen-bond donors (Lipinski definition) is 1. The Morgan fingerprint density at radius 1 is 1.42 bits per heavy atom.